The summed E-state index contributed by atoms with van der Waals surface area (Å²) in [4.78, 5) is 4.35. The minimum atomic E-state index is -3.85. The summed E-state index contributed by atoms with van der Waals surface area (Å²) in [6.07, 6.45) is 3.46. The number of rotatable bonds is 3. The summed E-state index contributed by atoms with van der Waals surface area (Å²) in [6, 6.07) is 2.53. The quantitative estimate of drug-likeness (QED) is 0.835. The lowest BCUT2D eigenvalue weighted by atomic mass is 10.2. The summed E-state index contributed by atoms with van der Waals surface area (Å²) >= 11 is 6.29. The lowest BCUT2D eigenvalue weighted by molar-refractivity contribution is 0.171. The molecule has 1 atom stereocenters. The average molecular weight is 399 g/mol. The Labute approximate surface area is 156 Å². The van der Waals surface area contributed by atoms with E-state index in [1.54, 1.807) is 12.4 Å². The first-order valence-corrected chi connectivity index (χ1v) is 10.1. The molecule has 1 aromatic heterocycles. The number of aromatic nitrogens is 2. The normalized spacial score (nSPS) is 20.9. The van der Waals surface area contributed by atoms with Gasteiger partial charge in [-0.1, -0.05) is 11.6 Å². The summed E-state index contributed by atoms with van der Waals surface area (Å²) in [5.41, 5.74) is 0. The number of nitrogens with zero attached hydrogens (tertiary/aromatic N) is 3. The van der Waals surface area contributed by atoms with Crippen molar-refractivity contribution in [3.63, 3.8) is 0 Å². The molecule has 1 N–H and O–H groups in total. The third-order valence-corrected chi connectivity index (χ3v) is 6.91. The van der Waals surface area contributed by atoms with Gasteiger partial charge in [-0.05, 0) is 0 Å². The van der Waals surface area contributed by atoms with Gasteiger partial charge in [0.25, 0.3) is 0 Å². The Morgan fingerprint density at radius 3 is 2.69 bits per heavy atom. The summed E-state index contributed by atoms with van der Waals surface area (Å²) in [5.74, 6) is 1.53. The van der Waals surface area contributed by atoms with E-state index in [0.717, 1.165) is 0 Å². The van der Waals surface area contributed by atoms with Gasteiger partial charge in [0, 0.05) is 51.2 Å². The third kappa shape index (κ3) is 2.94. The second-order valence-corrected chi connectivity index (χ2v) is 8.42. The monoisotopic (exact) mass is 398 g/mol. The molecule has 4 rings (SSSR count). The van der Waals surface area contributed by atoms with Crippen molar-refractivity contribution in [3.05, 3.63) is 35.4 Å². The van der Waals surface area contributed by atoms with Gasteiger partial charge in [-0.2, -0.15) is 4.31 Å². The van der Waals surface area contributed by atoms with Crippen LogP contribution in [0.3, 0.4) is 0 Å². The number of hydrogen-bond acceptors (Lipinski definition) is 6. The summed E-state index contributed by atoms with van der Waals surface area (Å²) < 4.78 is 41.1. The van der Waals surface area contributed by atoms with Crippen LogP contribution in [-0.2, 0) is 17.1 Å². The molecule has 8 nitrogen and oxygen atoms in total. The maximum atomic E-state index is 13.4. The Morgan fingerprint density at radius 2 is 2.00 bits per heavy atom. The minimum absolute atomic E-state index is 0.0181. The highest BCUT2D eigenvalue weighted by atomic mass is 35.5. The molecule has 0 saturated carbocycles. The molecule has 0 aliphatic carbocycles. The van der Waals surface area contributed by atoms with Crippen molar-refractivity contribution in [2.75, 3.05) is 32.8 Å². The number of ether oxygens (including phenoxy) is 2. The van der Waals surface area contributed by atoms with Gasteiger partial charge in [-0.15, -0.1) is 0 Å². The van der Waals surface area contributed by atoms with E-state index in [4.69, 9.17) is 21.1 Å². The van der Waals surface area contributed by atoms with Crippen LogP contribution in [0.15, 0.2) is 29.4 Å². The van der Waals surface area contributed by atoms with E-state index in [9.17, 15) is 8.42 Å². The lowest BCUT2D eigenvalue weighted by Crippen LogP contribution is -2.49. The van der Waals surface area contributed by atoms with Crippen LogP contribution in [0.25, 0.3) is 0 Å². The van der Waals surface area contributed by atoms with Crippen LogP contribution >= 0.6 is 11.6 Å². The van der Waals surface area contributed by atoms with Crippen LogP contribution in [0.5, 0.6) is 11.5 Å². The van der Waals surface area contributed by atoms with Gasteiger partial charge in [0.15, 0.2) is 11.5 Å². The molecule has 140 valence electrons. The number of fused-ring (bicyclic) bond motifs is 1. The molecule has 0 spiro atoms. The number of benzene rings is 1. The second kappa shape index (κ2) is 6.73. The summed E-state index contributed by atoms with van der Waals surface area (Å²) in [7, 11) is -2.00. The average Bonchev–Trinajstić information content (AvgIpc) is 3.07. The Morgan fingerprint density at radius 1 is 1.27 bits per heavy atom. The molecule has 1 unspecified atom stereocenters. The van der Waals surface area contributed by atoms with Crippen LogP contribution in [0.4, 0.5) is 0 Å². The van der Waals surface area contributed by atoms with Crippen LogP contribution in [0.1, 0.15) is 11.9 Å². The van der Waals surface area contributed by atoms with Gasteiger partial charge in [0.05, 0.1) is 11.1 Å². The molecular formula is C16H19ClN4O4S. The van der Waals surface area contributed by atoms with Crippen molar-refractivity contribution in [2.24, 2.45) is 7.05 Å². The Balaban J connectivity index is 1.76. The molecular weight excluding hydrogens is 380 g/mol. The van der Waals surface area contributed by atoms with E-state index in [2.05, 4.69) is 10.3 Å². The van der Waals surface area contributed by atoms with Crippen LogP contribution in [0.2, 0.25) is 5.02 Å². The first-order chi connectivity index (χ1) is 12.5. The summed E-state index contributed by atoms with van der Waals surface area (Å²) in [6.45, 7) is 2.14. The number of sulfonamides is 1. The Bertz CT molecular complexity index is 930. The van der Waals surface area contributed by atoms with Crippen molar-refractivity contribution in [1.29, 1.82) is 0 Å². The molecule has 3 heterocycles. The maximum absolute atomic E-state index is 13.4. The van der Waals surface area contributed by atoms with E-state index in [0.29, 0.717) is 50.2 Å². The zero-order valence-electron chi connectivity index (χ0n) is 14.2. The van der Waals surface area contributed by atoms with Crippen molar-refractivity contribution in [3.8, 4) is 11.5 Å². The minimum Gasteiger partial charge on any atom is -0.486 e. The first kappa shape index (κ1) is 17.6. The van der Waals surface area contributed by atoms with Crippen molar-refractivity contribution >= 4 is 21.6 Å². The molecule has 10 heteroatoms. The number of hydrogen-bond donors (Lipinski definition) is 1. The maximum Gasteiger partial charge on any atom is 0.245 e. The van der Waals surface area contributed by atoms with E-state index in [1.807, 2.05) is 11.6 Å². The fourth-order valence-corrected chi connectivity index (χ4v) is 5.36. The molecule has 1 aromatic carbocycles. The van der Waals surface area contributed by atoms with Crippen molar-refractivity contribution < 1.29 is 17.9 Å². The number of aryl methyl sites for hydroxylation is 1. The van der Waals surface area contributed by atoms with Gasteiger partial charge >= 0.3 is 0 Å². The van der Waals surface area contributed by atoms with Crippen molar-refractivity contribution in [1.82, 2.24) is 19.2 Å². The molecule has 1 saturated heterocycles. The van der Waals surface area contributed by atoms with E-state index in [1.165, 1.54) is 16.4 Å². The van der Waals surface area contributed by atoms with Crippen LogP contribution in [0, 0.1) is 0 Å². The Kier molecular flexibility index (Phi) is 4.55. The molecule has 0 bridgehead atoms. The highest BCUT2D eigenvalue weighted by Gasteiger charge is 2.38. The van der Waals surface area contributed by atoms with Gasteiger partial charge in [-0.25, -0.2) is 13.4 Å². The molecule has 0 amide bonds. The highest BCUT2D eigenvalue weighted by Crippen LogP contribution is 2.39. The van der Waals surface area contributed by atoms with Gasteiger partial charge in [-0.3, -0.25) is 0 Å². The molecule has 1 fully saturated rings. The van der Waals surface area contributed by atoms with Gasteiger partial charge < -0.3 is 19.4 Å². The second-order valence-electron chi connectivity index (χ2n) is 6.16. The third-order valence-electron chi connectivity index (χ3n) is 4.53. The lowest BCUT2D eigenvalue weighted by Gasteiger charge is -2.35. The SMILES string of the molecule is Cn1ccnc1C1CNCCN1S(=O)(=O)c1cc2c(cc1Cl)OCCO2. The van der Waals surface area contributed by atoms with E-state index in [-0.39, 0.29) is 9.92 Å². The van der Waals surface area contributed by atoms with Crippen molar-refractivity contribution in [2.45, 2.75) is 10.9 Å². The van der Waals surface area contributed by atoms with Gasteiger partial charge in [0.2, 0.25) is 10.0 Å². The smallest absolute Gasteiger partial charge is 0.245 e. The zero-order chi connectivity index (χ0) is 18.3. The number of halogens is 1. The molecule has 2 aliphatic heterocycles. The fourth-order valence-electron chi connectivity index (χ4n) is 3.26. The first-order valence-electron chi connectivity index (χ1n) is 8.27. The van der Waals surface area contributed by atoms with E-state index < -0.39 is 16.1 Å². The Hall–Kier alpha value is -1.81. The molecule has 2 aliphatic rings. The predicted octanol–water partition coefficient (Wildman–Crippen LogP) is 1.18. The van der Waals surface area contributed by atoms with E-state index >= 15 is 0 Å². The number of piperazine rings is 1. The zero-order valence-corrected chi connectivity index (χ0v) is 15.8. The standard InChI is InChI=1S/C16H19ClN4O4S/c1-20-4-3-19-16(20)12-10-18-2-5-21(12)26(22,23)15-9-14-13(8-11(15)17)24-6-7-25-14/h3-4,8-9,12,18H,2,5-7,10H2,1H3. The van der Waals surface area contributed by atoms with Crippen LogP contribution in [-0.4, -0.2) is 55.1 Å². The fraction of sp³-hybridized carbons (Fsp3) is 0.438. The molecule has 0 radical (unpaired) electrons. The number of nitrogens with one attached hydrogen (secondary N) is 1. The number of imidazole rings is 1. The molecule has 26 heavy (non-hydrogen) atoms. The largest absolute Gasteiger partial charge is 0.486 e. The van der Waals surface area contributed by atoms with Crippen LogP contribution < -0.4 is 14.8 Å². The topological polar surface area (TPSA) is 85.7 Å². The molecule has 2 aromatic rings. The predicted molar refractivity (Wildman–Crippen MR) is 95.2 cm³/mol. The van der Waals surface area contributed by atoms with Gasteiger partial charge in [0.1, 0.15) is 23.9 Å². The summed E-state index contributed by atoms with van der Waals surface area (Å²) in [5, 5.41) is 3.35. The highest BCUT2D eigenvalue weighted by molar-refractivity contribution is 7.89.